The maximum atomic E-state index is 14.1. The Morgan fingerprint density at radius 2 is 1.54 bits per heavy atom. The van der Waals surface area contributed by atoms with Crippen LogP contribution in [0.2, 0.25) is 0 Å². The molecule has 1 aliphatic heterocycles. The van der Waals surface area contributed by atoms with Gasteiger partial charge in [-0.3, -0.25) is 14.3 Å². The van der Waals surface area contributed by atoms with Crippen molar-refractivity contribution in [1.82, 2.24) is 24.2 Å². The SMILES string of the molecule is Cc1nc2c(c(=O)n1C(c1ccccc1)c1ccccc1)CN(Cc1ccc(-n3cccn3)cc1)CC2. The average Bonchev–Trinajstić information content (AvgIpc) is 3.48. The van der Waals surface area contributed by atoms with Crippen LogP contribution in [0.15, 0.2) is 108 Å². The highest BCUT2D eigenvalue weighted by atomic mass is 16.1. The molecule has 0 unspecified atom stereocenters. The molecule has 0 saturated carbocycles. The van der Waals surface area contributed by atoms with Gasteiger partial charge in [-0.2, -0.15) is 5.10 Å². The molecule has 0 bridgehead atoms. The van der Waals surface area contributed by atoms with Gasteiger partial charge in [0.1, 0.15) is 5.82 Å². The summed E-state index contributed by atoms with van der Waals surface area (Å²) >= 11 is 0. The molecule has 0 radical (unpaired) electrons. The first-order valence-electron chi connectivity index (χ1n) is 12.7. The average molecular weight is 488 g/mol. The maximum absolute atomic E-state index is 14.1. The van der Waals surface area contributed by atoms with Crippen molar-refractivity contribution in [3.63, 3.8) is 0 Å². The first-order chi connectivity index (χ1) is 18.2. The molecular formula is C31H29N5O. The Balaban J connectivity index is 1.32. The fourth-order valence-corrected chi connectivity index (χ4v) is 5.30. The summed E-state index contributed by atoms with van der Waals surface area (Å²) in [6.07, 6.45) is 4.50. The van der Waals surface area contributed by atoms with E-state index >= 15 is 0 Å². The molecule has 0 atom stereocenters. The molecule has 0 spiro atoms. The number of aromatic nitrogens is 4. The molecule has 0 saturated heterocycles. The Hall–Kier alpha value is -4.29. The molecule has 6 heteroatoms. The second-order valence-corrected chi connectivity index (χ2v) is 9.56. The normalized spacial score (nSPS) is 13.6. The second kappa shape index (κ2) is 9.99. The molecule has 6 nitrogen and oxygen atoms in total. The number of nitrogens with zero attached hydrogens (tertiary/aromatic N) is 5. The van der Waals surface area contributed by atoms with Crippen LogP contribution in [0.25, 0.3) is 5.69 Å². The standard InChI is InChI=1S/C31H29N5O/c1-23-33-29-17-20-34(21-24-13-15-27(16-14-24)35-19-8-18-32-35)22-28(29)31(37)36(23)30(25-9-4-2-5-10-25)26-11-6-3-7-12-26/h2-16,18-19,30H,17,20-22H2,1H3. The van der Waals surface area contributed by atoms with Gasteiger partial charge in [-0.1, -0.05) is 72.8 Å². The minimum absolute atomic E-state index is 0.0546. The van der Waals surface area contributed by atoms with Crippen LogP contribution >= 0.6 is 0 Å². The third-order valence-corrected chi connectivity index (χ3v) is 7.12. The van der Waals surface area contributed by atoms with Crippen molar-refractivity contribution in [2.45, 2.75) is 32.5 Å². The van der Waals surface area contributed by atoms with Gasteiger partial charge < -0.3 is 0 Å². The van der Waals surface area contributed by atoms with E-state index in [0.29, 0.717) is 6.54 Å². The molecule has 0 aliphatic carbocycles. The van der Waals surface area contributed by atoms with Crippen LogP contribution in [0.5, 0.6) is 0 Å². The number of hydrogen-bond acceptors (Lipinski definition) is 4. The van der Waals surface area contributed by atoms with Crippen molar-refractivity contribution >= 4 is 0 Å². The van der Waals surface area contributed by atoms with E-state index in [9.17, 15) is 4.79 Å². The Morgan fingerprint density at radius 3 is 2.16 bits per heavy atom. The van der Waals surface area contributed by atoms with Crippen LogP contribution in [0.1, 0.15) is 39.8 Å². The van der Waals surface area contributed by atoms with E-state index in [0.717, 1.165) is 53.4 Å². The Kier molecular flexibility index (Phi) is 6.25. The van der Waals surface area contributed by atoms with E-state index in [2.05, 4.69) is 58.5 Å². The van der Waals surface area contributed by atoms with Crippen LogP contribution in [-0.4, -0.2) is 30.8 Å². The Bertz CT molecular complexity index is 1500. The predicted molar refractivity (Wildman–Crippen MR) is 145 cm³/mol. The molecule has 3 aromatic carbocycles. The van der Waals surface area contributed by atoms with Gasteiger partial charge in [-0.05, 0) is 41.8 Å². The van der Waals surface area contributed by atoms with Crippen molar-refractivity contribution in [1.29, 1.82) is 0 Å². The lowest BCUT2D eigenvalue weighted by Crippen LogP contribution is -2.40. The monoisotopic (exact) mass is 487 g/mol. The fourth-order valence-electron chi connectivity index (χ4n) is 5.30. The topological polar surface area (TPSA) is 56.0 Å². The Morgan fingerprint density at radius 1 is 0.865 bits per heavy atom. The Labute approximate surface area is 216 Å². The lowest BCUT2D eigenvalue weighted by atomic mass is 9.97. The van der Waals surface area contributed by atoms with Crippen molar-refractivity contribution in [3.8, 4) is 5.69 Å². The van der Waals surface area contributed by atoms with E-state index < -0.39 is 0 Å². The summed E-state index contributed by atoms with van der Waals surface area (Å²) in [5.41, 5.74) is 6.19. The van der Waals surface area contributed by atoms with Crippen LogP contribution < -0.4 is 5.56 Å². The molecule has 1 aliphatic rings. The van der Waals surface area contributed by atoms with Gasteiger partial charge in [0, 0.05) is 38.4 Å². The zero-order valence-corrected chi connectivity index (χ0v) is 20.9. The molecule has 6 rings (SSSR count). The summed E-state index contributed by atoms with van der Waals surface area (Å²) < 4.78 is 3.74. The highest BCUT2D eigenvalue weighted by molar-refractivity contribution is 5.36. The zero-order valence-electron chi connectivity index (χ0n) is 20.9. The first kappa shape index (κ1) is 23.1. The van der Waals surface area contributed by atoms with Crippen LogP contribution in [0.4, 0.5) is 0 Å². The highest BCUT2D eigenvalue weighted by Gasteiger charge is 2.27. The zero-order chi connectivity index (χ0) is 25.2. The van der Waals surface area contributed by atoms with Crippen molar-refractivity contribution < 1.29 is 0 Å². The largest absolute Gasteiger partial charge is 0.294 e. The molecule has 184 valence electrons. The number of fused-ring (bicyclic) bond motifs is 1. The first-order valence-corrected chi connectivity index (χ1v) is 12.7. The van der Waals surface area contributed by atoms with Gasteiger partial charge in [0.25, 0.3) is 5.56 Å². The molecule has 0 amide bonds. The molecule has 37 heavy (non-hydrogen) atoms. The molecule has 5 aromatic rings. The summed E-state index contributed by atoms with van der Waals surface area (Å²) in [4.78, 5) is 21.4. The summed E-state index contributed by atoms with van der Waals surface area (Å²) in [5.74, 6) is 0.754. The summed E-state index contributed by atoms with van der Waals surface area (Å²) in [7, 11) is 0. The van der Waals surface area contributed by atoms with E-state index in [1.54, 1.807) is 6.20 Å². The number of aryl methyl sites for hydroxylation is 1. The van der Waals surface area contributed by atoms with E-state index in [1.807, 2.05) is 64.8 Å². The van der Waals surface area contributed by atoms with Gasteiger partial charge in [0.2, 0.25) is 0 Å². The lowest BCUT2D eigenvalue weighted by molar-refractivity contribution is 0.240. The number of hydrogen-bond donors (Lipinski definition) is 0. The van der Waals surface area contributed by atoms with E-state index in [1.165, 1.54) is 5.56 Å². The molecule has 3 heterocycles. The van der Waals surface area contributed by atoms with Gasteiger partial charge in [0.15, 0.2) is 0 Å². The second-order valence-electron chi connectivity index (χ2n) is 9.56. The van der Waals surface area contributed by atoms with Gasteiger partial charge >= 0.3 is 0 Å². The third kappa shape index (κ3) is 4.63. The quantitative estimate of drug-likeness (QED) is 0.341. The molecule has 0 N–H and O–H groups in total. The van der Waals surface area contributed by atoms with Crippen LogP contribution in [-0.2, 0) is 19.5 Å². The van der Waals surface area contributed by atoms with Crippen molar-refractivity contribution in [2.24, 2.45) is 0 Å². The molecular weight excluding hydrogens is 458 g/mol. The van der Waals surface area contributed by atoms with Gasteiger partial charge in [-0.25, -0.2) is 9.67 Å². The van der Waals surface area contributed by atoms with Crippen molar-refractivity contribution in [2.75, 3.05) is 6.54 Å². The number of rotatable bonds is 6. The van der Waals surface area contributed by atoms with Gasteiger partial charge in [-0.15, -0.1) is 0 Å². The van der Waals surface area contributed by atoms with Crippen LogP contribution in [0.3, 0.4) is 0 Å². The fraction of sp³-hybridized carbons (Fsp3) is 0.194. The minimum atomic E-state index is -0.224. The predicted octanol–water partition coefficient (Wildman–Crippen LogP) is 4.93. The maximum Gasteiger partial charge on any atom is 0.259 e. The van der Waals surface area contributed by atoms with Crippen molar-refractivity contribution in [3.05, 3.63) is 148 Å². The smallest absolute Gasteiger partial charge is 0.259 e. The van der Waals surface area contributed by atoms with Gasteiger partial charge in [0.05, 0.1) is 23.0 Å². The third-order valence-electron chi connectivity index (χ3n) is 7.12. The van der Waals surface area contributed by atoms with E-state index in [4.69, 9.17) is 4.98 Å². The van der Waals surface area contributed by atoms with E-state index in [-0.39, 0.29) is 11.6 Å². The number of benzene rings is 3. The summed E-state index contributed by atoms with van der Waals surface area (Å²) in [6, 6.07) is 30.6. The minimum Gasteiger partial charge on any atom is -0.294 e. The lowest BCUT2D eigenvalue weighted by Gasteiger charge is -2.30. The highest BCUT2D eigenvalue weighted by Crippen LogP contribution is 2.27. The molecule has 2 aromatic heterocycles. The van der Waals surface area contributed by atoms with Crippen LogP contribution in [0, 0.1) is 6.92 Å². The summed E-state index contributed by atoms with van der Waals surface area (Å²) in [6.45, 7) is 4.21. The summed E-state index contributed by atoms with van der Waals surface area (Å²) in [5, 5.41) is 4.30. The molecule has 0 fully saturated rings.